The van der Waals surface area contributed by atoms with E-state index in [9.17, 15) is 9.59 Å². The maximum atomic E-state index is 12.7. The van der Waals surface area contributed by atoms with Crippen molar-refractivity contribution in [1.82, 2.24) is 14.8 Å². The first-order valence-corrected chi connectivity index (χ1v) is 9.63. The number of amides is 2. The smallest absolute Gasteiger partial charge is 0.409 e. The molecule has 0 aliphatic carbocycles. The van der Waals surface area contributed by atoms with Crippen LogP contribution in [0.25, 0.3) is 0 Å². The maximum absolute atomic E-state index is 12.7. The average Bonchev–Trinajstić information content (AvgIpc) is 2.74. The number of carbonyl (C=O) groups excluding carboxylic acids is 2. The van der Waals surface area contributed by atoms with Crippen molar-refractivity contribution in [1.29, 1.82) is 0 Å². The zero-order valence-corrected chi connectivity index (χ0v) is 16.4. The fourth-order valence-electron chi connectivity index (χ4n) is 3.05. The first-order chi connectivity index (χ1) is 13.6. The minimum Gasteiger partial charge on any atom is -0.450 e. The molecule has 2 amide bonds. The van der Waals surface area contributed by atoms with Crippen molar-refractivity contribution >= 4 is 23.4 Å². The number of hydrogen-bond donors (Lipinski definition) is 1. The SMILES string of the molecule is CCOC(=O)N1CCN(C(=O)c2ccc(Nc3ccc(CC)cc3)cn2)CC1. The number of benzene rings is 1. The summed E-state index contributed by atoms with van der Waals surface area (Å²) in [6, 6.07) is 11.8. The predicted octanol–water partition coefficient (Wildman–Crippen LogP) is 3.30. The summed E-state index contributed by atoms with van der Waals surface area (Å²) in [4.78, 5) is 32.0. The van der Waals surface area contributed by atoms with E-state index < -0.39 is 0 Å². The summed E-state index contributed by atoms with van der Waals surface area (Å²) in [7, 11) is 0. The van der Waals surface area contributed by atoms with E-state index in [1.807, 2.05) is 18.2 Å². The van der Waals surface area contributed by atoms with Gasteiger partial charge in [0.15, 0.2) is 0 Å². The highest BCUT2D eigenvalue weighted by Gasteiger charge is 2.26. The normalized spacial score (nSPS) is 13.9. The molecule has 0 spiro atoms. The number of piperazine rings is 1. The van der Waals surface area contributed by atoms with Crippen LogP contribution in [0.1, 0.15) is 29.9 Å². The van der Waals surface area contributed by atoms with Crippen LogP contribution in [0.3, 0.4) is 0 Å². The number of hydrogen-bond acceptors (Lipinski definition) is 5. The van der Waals surface area contributed by atoms with E-state index in [-0.39, 0.29) is 12.0 Å². The molecule has 1 fully saturated rings. The Morgan fingerprint density at radius 1 is 0.964 bits per heavy atom. The summed E-state index contributed by atoms with van der Waals surface area (Å²) in [5, 5.41) is 3.29. The van der Waals surface area contributed by atoms with Crippen molar-refractivity contribution in [2.24, 2.45) is 0 Å². The summed E-state index contributed by atoms with van der Waals surface area (Å²) >= 11 is 0. The average molecular weight is 382 g/mol. The molecule has 1 aromatic heterocycles. The first kappa shape index (κ1) is 19.7. The van der Waals surface area contributed by atoms with Crippen LogP contribution in [-0.4, -0.2) is 59.6 Å². The molecule has 0 unspecified atom stereocenters. The van der Waals surface area contributed by atoms with Crippen LogP contribution >= 0.6 is 0 Å². The summed E-state index contributed by atoms with van der Waals surface area (Å²) in [5.74, 6) is -0.123. The highest BCUT2D eigenvalue weighted by Crippen LogP contribution is 2.17. The molecule has 2 heterocycles. The number of pyridine rings is 1. The van der Waals surface area contributed by atoms with Crippen LogP contribution in [-0.2, 0) is 11.2 Å². The van der Waals surface area contributed by atoms with E-state index in [0.717, 1.165) is 17.8 Å². The lowest BCUT2D eigenvalue weighted by atomic mass is 10.1. The van der Waals surface area contributed by atoms with Gasteiger partial charge in [0, 0.05) is 31.9 Å². The predicted molar refractivity (Wildman–Crippen MR) is 108 cm³/mol. The Balaban J connectivity index is 1.55. The third-order valence-corrected chi connectivity index (χ3v) is 4.73. The van der Waals surface area contributed by atoms with Crippen LogP contribution in [0.2, 0.25) is 0 Å². The van der Waals surface area contributed by atoms with Gasteiger partial charge in [-0.15, -0.1) is 0 Å². The zero-order chi connectivity index (χ0) is 19.9. The highest BCUT2D eigenvalue weighted by molar-refractivity contribution is 5.92. The van der Waals surface area contributed by atoms with E-state index in [1.165, 1.54) is 5.56 Å². The number of nitrogens with one attached hydrogen (secondary N) is 1. The summed E-state index contributed by atoms with van der Waals surface area (Å²) in [5.41, 5.74) is 3.49. The fourth-order valence-corrected chi connectivity index (χ4v) is 3.05. The lowest BCUT2D eigenvalue weighted by Gasteiger charge is -2.33. The van der Waals surface area contributed by atoms with Crippen molar-refractivity contribution in [3.05, 3.63) is 53.9 Å². The second kappa shape index (κ2) is 9.21. The Labute approximate surface area is 165 Å². The standard InChI is InChI=1S/C21H26N4O3/c1-3-16-5-7-17(8-6-16)23-18-9-10-19(22-15-18)20(26)24-11-13-25(14-12-24)21(27)28-4-2/h5-10,15,23H,3-4,11-14H2,1-2H3. The van der Waals surface area contributed by atoms with E-state index in [4.69, 9.17) is 4.74 Å². The number of ether oxygens (including phenoxy) is 1. The third-order valence-electron chi connectivity index (χ3n) is 4.73. The van der Waals surface area contributed by atoms with E-state index in [0.29, 0.717) is 38.5 Å². The number of rotatable bonds is 5. The van der Waals surface area contributed by atoms with Gasteiger partial charge >= 0.3 is 6.09 Å². The largest absolute Gasteiger partial charge is 0.450 e. The van der Waals surface area contributed by atoms with Crippen LogP contribution in [0.5, 0.6) is 0 Å². The lowest BCUT2D eigenvalue weighted by Crippen LogP contribution is -2.50. The number of nitrogens with zero attached hydrogens (tertiary/aromatic N) is 3. The molecule has 7 nitrogen and oxygen atoms in total. The Morgan fingerprint density at radius 2 is 1.61 bits per heavy atom. The van der Waals surface area contributed by atoms with Crippen molar-refractivity contribution in [2.45, 2.75) is 20.3 Å². The van der Waals surface area contributed by atoms with Crippen molar-refractivity contribution in [2.75, 3.05) is 38.1 Å². The van der Waals surface area contributed by atoms with Gasteiger partial charge in [0.25, 0.3) is 5.91 Å². The molecule has 1 saturated heterocycles. The molecule has 0 bridgehead atoms. The van der Waals surface area contributed by atoms with Gasteiger partial charge in [-0.05, 0) is 43.2 Å². The molecule has 0 radical (unpaired) electrons. The molecule has 0 atom stereocenters. The topological polar surface area (TPSA) is 74.8 Å². The van der Waals surface area contributed by atoms with Gasteiger partial charge < -0.3 is 19.9 Å². The van der Waals surface area contributed by atoms with Gasteiger partial charge in [0.05, 0.1) is 18.5 Å². The van der Waals surface area contributed by atoms with Gasteiger partial charge in [-0.25, -0.2) is 9.78 Å². The molecule has 3 rings (SSSR count). The Bertz CT molecular complexity index is 797. The number of aromatic nitrogens is 1. The lowest BCUT2D eigenvalue weighted by molar-refractivity contribution is 0.0566. The van der Waals surface area contributed by atoms with Crippen LogP contribution in [0.4, 0.5) is 16.2 Å². The number of aryl methyl sites for hydroxylation is 1. The quantitative estimate of drug-likeness (QED) is 0.859. The first-order valence-electron chi connectivity index (χ1n) is 9.63. The second-order valence-corrected chi connectivity index (χ2v) is 6.59. The zero-order valence-electron chi connectivity index (χ0n) is 16.4. The maximum Gasteiger partial charge on any atom is 0.409 e. The Morgan fingerprint density at radius 3 is 2.18 bits per heavy atom. The van der Waals surface area contributed by atoms with E-state index in [1.54, 1.807) is 29.0 Å². The van der Waals surface area contributed by atoms with Crippen molar-refractivity contribution in [3.63, 3.8) is 0 Å². The number of anilines is 2. The van der Waals surface area contributed by atoms with Gasteiger partial charge in [-0.1, -0.05) is 19.1 Å². The summed E-state index contributed by atoms with van der Waals surface area (Å²) in [6.45, 7) is 6.15. The molecule has 1 aliphatic heterocycles. The van der Waals surface area contributed by atoms with E-state index in [2.05, 4.69) is 29.4 Å². The molecule has 0 saturated carbocycles. The van der Waals surface area contributed by atoms with Gasteiger partial charge in [0.2, 0.25) is 0 Å². The second-order valence-electron chi connectivity index (χ2n) is 6.59. The van der Waals surface area contributed by atoms with Crippen LogP contribution in [0.15, 0.2) is 42.6 Å². The van der Waals surface area contributed by atoms with Gasteiger partial charge in [-0.2, -0.15) is 0 Å². The molecule has 2 aromatic rings. The molecule has 28 heavy (non-hydrogen) atoms. The van der Waals surface area contributed by atoms with E-state index >= 15 is 0 Å². The molecule has 7 heteroatoms. The third kappa shape index (κ3) is 4.79. The molecule has 1 aromatic carbocycles. The fraction of sp³-hybridized carbons (Fsp3) is 0.381. The molecule has 1 aliphatic rings. The molecule has 1 N–H and O–H groups in total. The molecular weight excluding hydrogens is 356 g/mol. The van der Waals surface area contributed by atoms with Crippen molar-refractivity contribution < 1.29 is 14.3 Å². The van der Waals surface area contributed by atoms with Crippen LogP contribution in [0, 0.1) is 0 Å². The highest BCUT2D eigenvalue weighted by atomic mass is 16.6. The summed E-state index contributed by atoms with van der Waals surface area (Å²) < 4.78 is 5.00. The van der Waals surface area contributed by atoms with Crippen LogP contribution < -0.4 is 5.32 Å². The summed E-state index contributed by atoms with van der Waals surface area (Å²) in [6.07, 6.45) is 2.35. The monoisotopic (exact) mass is 382 g/mol. The Hall–Kier alpha value is -3.09. The molecular formula is C21H26N4O3. The molecule has 148 valence electrons. The minimum atomic E-state index is -0.324. The Kier molecular flexibility index (Phi) is 6.47. The van der Waals surface area contributed by atoms with Gasteiger partial charge in [0.1, 0.15) is 5.69 Å². The minimum absolute atomic E-state index is 0.123. The van der Waals surface area contributed by atoms with Crippen molar-refractivity contribution in [3.8, 4) is 0 Å². The van der Waals surface area contributed by atoms with Gasteiger partial charge in [-0.3, -0.25) is 4.79 Å². The number of carbonyl (C=O) groups is 2.